The van der Waals surface area contributed by atoms with Crippen molar-refractivity contribution in [3.63, 3.8) is 0 Å². The maximum absolute atomic E-state index is 13.5. The van der Waals surface area contributed by atoms with E-state index in [-0.39, 0.29) is 10.8 Å². The molecule has 7 nitrogen and oxygen atoms in total. The number of amidine groups is 1. The number of hydrogen-bond donors (Lipinski definition) is 0. The van der Waals surface area contributed by atoms with Gasteiger partial charge in [0.2, 0.25) is 5.91 Å². The van der Waals surface area contributed by atoms with Crippen LogP contribution >= 0.6 is 0 Å². The highest BCUT2D eigenvalue weighted by atomic mass is 32.2. The van der Waals surface area contributed by atoms with Crippen LogP contribution in [0.15, 0.2) is 51.8 Å². The van der Waals surface area contributed by atoms with E-state index < -0.39 is 16.1 Å². The largest absolute Gasteiger partial charge is 0.497 e. The Bertz CT molecular complexity index is 1160. The van der Waals surface area contributed by atoms with E-state index in [4.69, 9.17) is 4.74 Å². The summed E-state index contributed by atoms with van der Waals surface area (Å²) >= 11 is 0. The molecule has 3 heterocycles. The molecule has 0 aliphatic carbocycles. The number of carbonyl (C=O) groups is 1. The van der Waals surface area contributed by atoms with Gasteiger partial charge in [0.05, 0.1) is 7.11 Å². The second kappa shape index (κ2) is 7.12. The fourth-order valence-corrected chi connectivity index (χ4v) is 5.85. The molecule has 0 aromatic heterocycles. The number of hydrogen-bond acceptors (Lipinski definition) is 5. The van der Waals surface area contributed by atoms with Crippen molar-refractivity contribution in [3.8, 4) is 5.75 Å². The minimum absolute atomic E-state index is 0.0328. The molecule has 8 heteroatoms. The third kappa shape index (κ3) is 3.06. The van der Waals surface area contributed by atoms with Gasteiger partial charge in [0.1, 0.15) is 16.7 Å². The number of sulfonamides is 1. The van der Waals surface area contributed by atoms with E-state index >= 15 is 0 Å². The summed E-state index contributed by atoms with van der Waals surface area (Å²) in [6.07, 6.45) is 2.33. The molecule has 2 aromatic rings. The van der Waals surface area contributed by atoms with Gasteiger partial charge in [0.25, 0.3) is 10.0 Å². The van der Waals surface area contributed by atoms with E-state index in [9.17, 15) is 13.2 Å². The molecule has 1 amide bonds. The van der Waals surface area contributed by atoms with Crippen molar-refractivity contribution in [2.75, 3.05) is 20.2 Å². The Balaban J connectivity index is 1.42. The molecule has 2 aromatic carbocycles. The molecule has 0 spiro atoms. The lowest BCUT2D eigenvalue weighted by Crippen LogP contribution is -2.49. The van der Waals surface area contributed by atoms with E-state index in [1.165, 1.54) is 5.56 Å². The van der Waals surface area contributed by atoms with Gasteiger partial charge in [-0.1, -0.05) is 18.2 Å². The molecular formula is C22H23N3O4S. The summed E-state index contributed by atoms with van der Waals surface area (Å²) in [4.78, 5) is 17.4. The Morgan fingerprint density at radius 2 is 1.97 bits per heavy atom. The molecule has 3 aliphatic heterocycles. The van der Waals surface area contributed by atoms with Crippen LogP contribution in [-0.4, -0.2) is 56.2 Å². The zero-order valence-electron chi connectivity index (χ0n) is 16.7. The van der Waals surface area contributed by atoms with E-state index in [0.717, 1.165) is 24.2 Å². The summed E-state index contributed by atoms with van der Waals surface area (Å²) < 4.78 is 34.3. The van der Waals surface area contributed by atoms with Crippen LogP contribution in [0.4, 0.5) is 0 Å². The van der Waals surface area contributed by atoms with E-state index in [1.54, 1.807) is 31.4 Å². The summed E-state index contributed by atoms with van der Waals surface area (Å²) in [5, 5.41) is 0. The number of carbonyl (C=O) groups excluding carboxylic acids is 1. The Kier molecular flexibility index (Phi) is 4.54. The number of fused-ring (bicyclic) bond motifs is 2. The number of ether oxygens (including phenoxy) is 1. The van der Waals surface area contributed by atoms with Crippen molar-refractivity contribution < 1.29 is 17.9 Å². The third-order valence-electron chi connectivity index (χ3n) is 6.16. The molecule has 3 aliphatic rings. The summed E-state index contributed by atoms with van der Waals surface area (Å²) in [7, 11) is -2.07. The SMILES string of the molecule is COc1ccc2c(c1)CN(C(=O)[C@@H]1CCCN1C1=NS(=O)(=O)c3ccccc31)CC2. The Morgan fingerprint density at radius 1 is 1.13 bits per heavy atom. The number of likely N-dealkylation sites (tertiary alicyclic amines) is 1. The monoisotopic (exact) mass is 425 g/mol. The molecule has 0 bridgehead atoms. The fraction of sp³-hybridized carbons (Fsp3) is 0.364. The average Bonchev–Trinajstić information content (AvgIpc) is 3.35. The normalized spacial score (nSPS) is 21.8. The maximum Gasteiger partial charge on any atom is 0.285 e. The second-order valence-electron chi connectivity index (χ2n) is 7.88. The van der Waals surface area contributed by atoms with Crippen LogP contribution in [0, 0.1) is 0 Å². The van der Waals surface area contributed by atoms with Crippen LogP contribution in [0.25, 0.3) is 0 Å². The first-order chi connectivity index (χ1) is 14.5. The molecular weight excluding hydrogens is 402 g/mol. The van der Waals surface area contributed by atoms with Crippen LogP contribution in [0.1, 0.15) is 29.5 Å². The highest BCUT2D eigenvalue weighted by Gasteiger charge is 2.41. The first-order valence-electron chi connectivity index (χ1n) is 10.1. The zero-order chi connectivity index (χ0) is 20.9. The highest BCUT2D eigenvalue weighted by Crippen LogP contribution is 2.32. The lowest BCUT2D eigenvalue weighted by molar-refractivity contribution is -0.135. The molecule has 0 saturated carbocycles. The zero-order valence-corrected chi connectivity index (χ0v) is 17.6. The molecule has 1 atom stereocenters. The average molecular weight is 426 g/mol. The summed E-state index contributed by atoms with van der Waals surface area (Å²) in [5.41, 5.74) is 2.93. The van der Waals surface area contributed by atoms with Gasteiger partial charge < -0.3 is 14.5 Å². The van der Waals surface area contributed by atoms with Gasteiger partial charge in [-0.25, -0.2) is 0 Å². The van der Waals surface area contributed by atoms with Crippen molar-refractivity contribution in [3.05, 3.63) is 59.2 Å². The van der Waals surface area contributed by atoms with Crippen LogP contribution in [0.2, 0.25) is 0 Å². The maximum atomic E-state index is 13.5. The Hall–Kier alpha value is -2.87. The fourth-order valence-electron chi connectivity index (χ4n) is 4.63. The highest BCUT2D eigenvalue weighted by molar-refractivity contribution is 7.90. The van der Waals surface area contributed by atoms with Crippen molar-refractivity contribution in [2.24, 2.45) is 4.40 Å². The van der Waals surface area contributed by atoms with Gasteiger partial charge in [0.15, 0.2) is 5.84 Å². The number of rotatable bonds is 2. The second-order valence-corrected chi connectivity index (χ2v) is 9.45. The predicted molar refractivity (Wildman–Crippen MR) is 112 cm³/mol. The standard InChI is InChI=1S/C22H23N3O4S/c1-29-17-9-8-15-10-12-24(14-16(15)13-17)22(26)19-6-4-11-25(19)21-18-5-2-3-7-20(18)30(27,28)23-21/h2-3,5,7-9,13,19H,4,6,10-12,14H2,1H3/t19-/m0/s1. The van der Waals surface area contributed by atoms with Crippen LogP contribution in [0.3, 0.4) is 0 Å². The van der Waals surface area contributed by atoms with Gasteiger partial charge in [-0.15, -0.1) is 4.40 Å². The number of nitrogens with zero attached hydrogens (tertiary/aromatic N) is 3. The lowest BCUT2D eigenvalue weighted by Gasteiger charge is -2.34. The van der Waals surface area contributed by atoms with Gasteiger partial charge in [-0.3, -0.25) is 4.79 Å². The van der Waals surface area contributed by atoms with Gasteiger partial charge >= 0.3 is 0 Å². The van der Waals surface area contributed by atoms with Crippen molar-refractivity contribution in [1.29, 1.82) is 0 Å². The van der Waals surface area contributed by atoms with Gasteiger partial charge in [0, 0.05) is 25.2 Å². The summed E-state index contributed by atoms with van der Waals surface area (Å²) in [5.74, 6) is 1.22. The van der Waals surface area contributed by atoms with E-state index in [0.29, 0.717) is 37.5 Å². The van der Waals surface area contributed by atoms with Crippen LogP contribution in [0.5, 0.6) is 5.75 Å². The molecule has 0 unspecified atom stereocenters. The molecule has 0 N–H and O–H groups in total. The lowest BCUT2D eigenvalue weighted by atomic mass is 9.98. The Labute approximate surface area is 176 Å². The Morgan fingerprint density at radius 3 is 2.80 bits per heavy atom. The van der Waals surface area contributed by atoms with Crippen molar-refractivity contribution >= 4 is 21.8 Å². The third-order valence-corrected chi connectivity index (χ3v) is 7.48. The predicted octanol–water partition coefficient (Wildman–Crippen LogP) is 2.19. The first kappa shape index (κ1) is 19.1. The van der Waals surface area contributed by atoms with Gasteiger partial charge in [-0.2, -0.15) is 8.42 Å². The molecule has 0 radical (unpaired) electrons. The molecule has 5 rings (SSSR count). The quantitative estimate of drug-likeness (QED) is 0.737. The smallest absolute Gasteiger partial charge is 0.285 e. The van der Waals surface area contributed by atoms with Crippen molar-refractivity contribution in [1.82, 2.24) is 9.80 Å². The molecule has 1 fully saturated rings. The molecule has 30 heavy (non-hydrogen) atoms. The first-order valence-corrected chi connectivity index (χ1v) is 11.6. The molecule has 156 valence electrons. The number of methoxy groups -OCH3 is 1. The number of amides is 1. The van der Waals surface area contributed by atoms with E-state index in [2.05, 4.69) is 10.5 Å². The van der Waals surface area contributed by atoms with Crippen LogP contribution < -0.4 is 4.74 Å². The number of benzene rings is 2. The topological polar surface area (TPSA) is 79.3 Å². The van der Waals surface area contributed by atoms with Crippen molar-refractivity contribution in [2.45, 2.75) is 36.7 Å². The molecule has 1 saturated heterocycles. The minimum atomic E-state index is -3.71. The summed E-state index contributed by atoms with van der Waals surface area (Å²) in [6, 6.07) is 12.4. The summed E-state index contributed by atoms with van der Waals surface area (Å²) in [6.45, 7) is 1.82. The minimum Gasteiger partial charge on any atom is -0.497 e. The van der Waals surface area contributed by atoms with E-state index in [1.807, 2.05) is 21.9 Å². The van der Waals surface area contributed by atoms with Crippen LogP contribution in [-0.2, 0) is 27.8 Å². The van der Waals surface area contributed by atoms with Gasteiger partial charge in [-0.05, 0) is 54.7 Å².